The summed E-state index contributed by atoms with van der Waals surface area (Å²) in [7, 11) is 3.02. The van der Waals surface area contributed by atoms with Crippen molar-refractivity contribution < 1.29 is 19.0 Å². The molecular formula is C31H31N5O5. The van der Waals surface area contributed by atoms with Crippen LogP contribution in [0.25, 0.3) is 33.7 Å². The van der Waals surface area contributed by atoms with E-state index in [1.807, 2.05) is 74.5 Å². The van der Waals surface area contributed by atoms with Crippen molar-refractivity contribution in [2.45, 2.75) is 26.8 Å². The molecule has 0 amide bonds. The summed E-state index contributed by atoms with van der Waals surface area (Å²) in [5.41, 5.74) is 4.69. The van der Waals surface area contributed by atoms with Crippen molar-refractivity contribution in [1.29, 1.82) is 0 Å². The lowest BCUT2D eigenvalue weighted by molar-refractivity contribution is -0.144. The van der Waals surface area contributed by atoms with Gasteiger partial charge in [0.1, 0.15) is 17.3 Å². The van der Waals surface area contributed by atoms with E-state index in [-0.39, 0.29) is 23.0 Å². The van der Waals surface area contributed by atoms with Crippen LogP contribution in [-0.4, -0.2) is 51.8 Å². The standard InChI is InChI=1S/C31H31N5O5/c1-5-41-26-17-23(22-8-6-7-21(16-22)15-19(2)31(38)40-4)11-14-25(26)28-32-29-27(30(37)33-28)34-35-36(29)18-20-9-12-24(39-3)13-10-20/h6-14,16-17,19H,5,15,18H2,1-4H3,(H,32,33,37). The van der Waals surface area contributed by atoms with Crippen molar-refractivity contribution in [3.8, 4) is 34.0 Å². The van der Waals surface area contributed by atoms with Gasteiger partial charge in [-0.05, 0) is 59.9 Å². The highest BCUT2D eigenvalue weighted by molar-refractivity contribution is 5.77. The zero-order valence-corrected chi connectivity index (χ0v) is 23.4. The predicted molar refractivity (Wildman–Crippen MR) is 155 cm³/mol. The van der Waals surface area contributed by atoms with E-state index >= 15 is 0 Å². The Bertz CT molecular complexity index is 1740. The SMILES string of the molecule is CCOc1cc(-c2cccc(CC(C)C(=O)OC)c2)ccc1-c1nc2c(nnn2Cc2ccc(OC)cc2)c(=O)[nH]1. The topological polar surface area (TPSA) is 121 Å². The Morgan fingerprint density at radius 3 is 2.51 bits per heavy atom. The Labute approximate surface area is 236 Å². The third kappa shape index (κ3) is 5.96. The van der Waals surface area contributed by atoms with Gasteiger partial charge < -0.3 is 19.2 Å². The van der Waals surface area contributed by atoms with Crippen molar-refractivity contribution in [3.05, 3.63) is 88.2 Å². The lowest BCUT2D eigenvalue weighted by Gasteiger charge is -2.14. The monoisotopic (exact) mass is 553 g/mol. The van der Waals surface area contributed by atoms with E-state index in [2.05, 4.69) is 21.4 Å². The van der Waals surface area contributed by atoms with Gasteiger partial charge in [0, 0.05) is 0 Å². The fourth-order valence-electron chi connectivity index (χ4n) is 4.69. The van der Waals surface area contributed by atoms with E-state index in [0.29, 0.717) is 42.4 Å². The number of ether oxygens (including phenoxy) is 3. The van der Waals surface area contributed by atoms with E-state index in [4.69, 9.17) is 19.2 Å². The molecule has 0 aliphatic heterocycles. The molecule has 0 radical (unpaired) electrons. The van der Waals surface area contributed by atoms with Crippen molar-refractivity contribution >= 4 is 17.1 Å². The molecule has 10 heteroatoms. The van der Waals surface area contributed by atoms with Gasteiger partial charge in [-0.25, -0.2) is 9.67 Å². The molecular weight excluding hydrogens is 522 g/mol. The van der Waals surface area contributed by atoms with Crippen LogP contribution >= 0.6 is 0 Å². The number of aromatic amines is 1. The first-order valence-electron chi connectivity index (χ1n) is 13.3. The number of hydrogen-bond acceptors (Lipinski definition) is 8. The minimum atomic E-state index is -0.384. The fraction of sp³-hybridized carbons (Fsp3) is 0.258. The van der Waals surface area contributed by atoms with Gasteiger partial charge in [0.15, 0.2) is 11.2 Å². The van der Waals surface area contributed by atoms with Crippen molar-refractivity contribution in [1.82, 2.24) is 25.0 Å². The zero-order chi connectivity index (χ0) is 28.9. The maximum absolute atomic E-state index is 13.0. The van der Waals surface area contributed by atoms with Gasteiger partial charge in [-0.1, -0.05) is 54.6 Å². The zero-order valence-electron chi connectivity index (χ0n) is 23.4. The largest absolute Gasteiger partial charge is 0.497 e. The maximum atomic E-state index is 13.0. The van der Waals surface area contributed by atoms with Crippen LogP contribution in [0.2, 0.25) is 0 Å². The Morgan fingerprint density at radius 2 is 1.78 bits per heavy atom. The van der Waals surface area contributed by atoms with Gasteiger partial charge in [-0.3, -0.25) is 9.59 Å². The molecule has 0 aliphatic rings. The molecule has 210 valence electrons. The number of methoxy groups -OCH3 is 2. The Hall–Kier alpha value is -4.99. The number of carbonyl (C=O) groups excluding carboxylic acids is 1. The third-order valence-corrected chi connectivity index (χ3v) is 6.81. The number of rotatable bonds is 10. The number of nitrogens with zero attached hydrogens (tertiary/aromatic N) is 4. The molecule has 2 heterocycles. The number of aromatic nitrogens is 5. The van der Waals surface area contributed by atoms with Crippen LogP contribution in [0.1, 0.15) is 25.0 Å². The molecule has 41 heavy (non-hydrogen) atoms. The summed E-state index contributed by atoms with van der Waals surface area (Å²) in [6.45, 7) is 4.57. The van der Waals surface area contributed by atoms with E-state index in [9.17, 15) is 9.59 Å². The number of H-pyrrole nitrogens is 1. The summed E-state index contributed by atoms with van der Waals surface area (Å²) in [6, 6.07) is 21.4. The molecule has 5 aromatic rings. The maximum Gasteiger partial charge on any atom is 0.308 e. The van der Waals surface area contributed by atoms with Gasteiger partial charge in [-0.2, -0.15) is 0 Å². The Kier molecular flexibility index (Phi) is 8.09. The van der Waals surface area contributed by atoms with E-state index in [1.54, 1.807) is 11.8 Å². The lowest BCUT2D eigenvalue weighted by atomic mass is 9.96. The lowest BCUT2D eigenvalue weighted by Crippen LogP contribution is -2.15. The predicted octanol–water partition coefficient (Wildman–Crippen LogP) is 4.66. The van der Waals surface area contributed by atoms with Crippen molar-refractivity contribution in [2.75, 3.05) is 20.8 Å². The first-order chi connectivity index (χ1) is 19.9. The minimum absolute atomic E-state index is 0.162. The number of nitrogens with one attached hydrogen (secondary N) is 1. The summed E-state index contributed by atoms with van der Waals surface area (Å²) in [4.78, 5) is 32.5. The summed E-state index contributed by atoms with van der Waals surface area (Å²) < 4.78 is 17.7. The van der Waals surface area contributed by atoms with E-state index in [0.717, 1.165) is 28.0 Å². The van der Waals surface area contributed by atoms with Crippen LogP contribution in [0.5, 0.6) is 11.5 Å². The molecule has 5 rings (SSSR count). The molecule has 10 nitrogen and oxygen atoms in total. The van der Waals surface area contributed by atoms with Gasteiger partial charge in [0.25, 0.3) is 5.56 Å². The van der Waals surface area contributed by atoms with Crippen LogP contribution in [0.15, 0.2) is 71.5 Å². The van der Waals surface area contributed by atoms with Gasteiger partial charge >= 0.3 is 5.97 Å². The number of fused-ring (bicyclic) bond motifs is 1. The molecule has 1 N–H and O–H groups in total. The molecule has 1 atom stereocenters. The normalized spacial score (nSPS) is 11.8. The van der Waals surface area contributed by atoms with Gasteiger partial charge in [0.05, 0.1) is 38.9 Å². The molecule has 0 fully saturated rings. The number of carbonyl (C=O) groups is 1. The van der Waals surface area contributed by atoms with E-state index < -0.39 is 0 Å². The second-order valence-electron chi connectivity index (χ2n) is 9.65. The van der Waals surface area contributed by atoms with Gasteiger partial charge in [0.2, 0.25) is 0 Å². The molecule has 3 aromatic carbocycles. The van der Waals surface area contributed by atoms with Crippen LogP contribution < -0.4 is 15.0 Å². The molecule has 0 saturated carbocycles. The molecule has 0 spiro atoms. The Morgan fingerprint density at radius 1 is 1.00 bits per heavy atom. The van der Waals surface area contributed by atoms with Gasteiger partial charge in [-0.15, -0.1) is 5.10 Å². The minimum Gasteiger partial charge on any atom is -0.497 e. The summed E-state index contributed by atoms with van der Waals surface area (Å²) in [5, 5.41) is 8.24. The number of hydrogen-bond donors (Lipinski definition) is 1. The molecule has 0 bridgehead atoms. The second-order valence-corrected chi connectivity index (χ2v) is 9.65. The summed E-state index contributed by atoms with van der Waals surface area (Å²) >= 11 is 0. The fourth-order valence-corrected chi connectivity index (χ4v) is 4.69. The smallest absolute Gasteiger partial charge is 0.308 e. The quantitative estimate of drug-likeness (QED) is 0.248. The van der Waals surface area contributed by atoms with Crippen LogP contribution in [0, 0.1) is 5.92 Å². The van der Waals surface area contributed by atoms with Crippen LogP contribution in [0.4, 0.5) is 0 Å². The first-order valence-corrected chi connectivity index (χ1v) is 13.3. The van der Waals surface area contributed by atoms with Crippen molar-refractivity contribution in [3.63, 3.8) is 0 Å². The highest BCUT2D eigenvalue weighted by atomic mass is 16.5. The van der Waals surface area contributed by atoms with E-state index in [1.165, 1.54) is 7.11 Å². The number of benzene rings is 3. The van der Waals surface area contributed by atoms with Crippen molar-refractivity contribution in [2.24, 2.45) is 5.92 Å². The summed E-state index contributed by atoms with van der Waals surface area (Å²) in [5.74, 6) is 1.20. The van der Waals surface area contributed by atoms with Crippen LogP contribution in [-0.2, 0) is 22.5 Å². The third-order valence-electron chi connectivity index (χ3n) is 6.81. The number of esters is 1. The highest BCUT2D eigenvalue weighted by Gasteiger charge is 2.18. The molecule has 0 aliphatic carbocycles. The van der Waals surface area contributed by atoms with Crippen LogP contribution in [0.3, 0.4) is 0 Å². The molecule has 0 saturated heterocycles. The summed E-state index contributed by atoms with van der Waals surface area (Å²) in [6.07, 6.45) is 0.570. The first kappa shape index (κ1) is 27.6. The Balaban J connectivity index is 1.49. The molecule has 1 unspecified atom stereocenters. The average molecular weight is 554 g/mol. The average Bonchev–Trinajstić information content (AvgIpc) is 3.40. The highest BCUT2D eigenvalue weighted by Crippen LogP contribution is 2.33. The molecule has 2 aromatic heterocycles. The second kappa shape index (κ2) is 12.0.